The summed E-state index contributed by atoms with van der Waals surface area (Å²) in [5, 5.41) is 11.7. The number of halogens is 2. The Morgan fingerprint density at radius 1 is 0.958 bits per heavy atom. The van der Waals surface area contributed by atoms with E-state index in [4.69, 9.17) is 13.9 Å². The van der Waals surface area contributed by atoms with Crippen LogP contribution in [-0.4, -0.2) is 34.7 Å². The zero-order valence-electron chi connectivity index (χ0n) is 25.1. The number of carbonyl (C=O) groups excluding carboxylic acids is 2. The largest absolute Gasteiger partial charge is 0.483 e. The SMILES string of the molecule is O=C(COc1ccc(Br)cc1/C=C1\S/C(=N\N=C\c2cccc(Oc3ccccc3)c2)N(Cc2ccco2)C1=O)Nc1ccc(F)cc1. The fraction of sp³-hybridized carbons (Fsp3) is 0.0556. The molecule has 0 spiro atoms. The molecule has 48 heavy (non-hydrogen) atoms. The number of hydrogen-bond acceptors (Lipinski definition) is 8. The fourth-order valence-corrected chi connectivity index (χ4v) is 5.79. The standard InChI is InChI=1S/C36H26BrFN4O5S/c37-26-11-16-32(46-23-34(43)40-28-14-12-27(38)13-15-28)25(19-26)20-33-35(44)42(22-31-10-5-17-45-31)36(48-33)41-39-21-24-6-4-9-30(18-24)47-29-7-2-1-3-8-29/h1-21H,22-23H2,(H,40,43)/b33-20-,39-21+,41-36-. The summed E-state index contributed by atoms with van der Waals surface area (Å²) in [6, 6.07) is 31.1. The van der Waals surface area contributed by atoms with Gasteiger partial charge in [0.15, 0.2) is 11.8 Å². The second-order valence-electron chi connectivity index (χ2n) is 10.2. The summed E-state index contributed by atoms with van der Waals surface area (Å²) in [5.41, 5.74) is 1.76. The summed E-state index contributed by atoms with van der Waals surface area (Å²) >= 11 is 4.63. The molecule has 4 aromatic carbocycles. The normalized spacial score (nSPS) is 14.6. The van der Waals surface area contributed by atoms with Crippen LogP contribution in [0, 0.1) is 5.82 Å². The lowest BCUT2D eigenvalue weighted by Gasteiger charge is -2.13. The minimum atomic E-state index is -0.427. The fourth-order valence-electron chi connectivity index (χ4n) is 4.49. The average Bonchev–Trinajstić information content (AvgIpc) is 3.70. The van der Waals surface area contributed by atoms with Gasteiger partial charge in [-0.1, -0.05) is 46.3 Å². The summed E-state index contributed by atoms with van der Waals surface area (Å²) < 4.78 is 31.2. The van der Waals surface area contributed by atoms with E-state index >= 15 is 0 Å². The van der Waals surface area contributed by atoms with Crippen LogP contribution in [0.1, 0.15) is 16.9 Å². The third-order valence-corrected chi connectivity index (χ3v) is 8.20. The first-order valence-electron chi connectivity index (χ1n) is 14.6. The zero-order chi connectivity index (χ0) is 33.3. The summed E-state index contributed by atoms with van der Waals surface area (Å²) in [4.78, 5) is 28.1. The van der Waals surface area contributed by atoms with Crippen LogP contribution < -0.4 is 14.8 Å². The molecule has 0 atom stereocenters. The summed E-state index contributed by atoms with van der Waals surface area (Å²) in [6.07, 6.45) is 4.80. The number of hydrogen-bond donors (Lipinski definition) is 1. The van der Waals surface area contributed by atoms with E-state index in [9.17, 15) is 14.0 Å². The van der Waals surface area contributed by atoms with Gasteiger partial charge in [-0.3, -0.25) is 14.5 Å². The van der Waals surface area contributed by atoms with Crippen molar-refractivity contribution in [1.29, 1.82) is 0 Å². The van der Waals surface area contributed by atoms with E-state index in [0.717, 1.165) is 21.8 Å². The highest BCUT2D eigenvalue weighted by atomic mass is 79.9. The highest BCUT2D eigenvalue weighted by molar-refractivity contribution is 9.10. The number of rotatable bonds is 11. The van der Waals surface area contributed by atoms with Gasteiger partial charge in [-0.15, -0.1) is 5.10 Å². The molecule has 0 bridgehead atoms. The van der Waals surface area contributed by atoms with E-state index < -0.39 is 11.7 Å². The molecule has 2 heterocycles. The molecule has 9 nitrogen and oxygen atoms in total. The van der Waals surface area contributed by atoms with Gasteiger partial charge in [0.05, 0.1) is 23.9 Å². The molecule has 0 radical (unpaired) electrons. The monoisotopic (exact) mass is 724 g/mol. The quantitative estimate of drug-likeness (QED) is 0.0832. The molecule has 2 amide bonds. The molecule has 0 aliphatic carbocycles. The van der Waals surface area contributed by atoms with Crippen LogP contribution in [0.15, 0.2) is 139 Å². The Balaban J connectivity index is 1.20. The third kappa shape index (κ3) is 8.66. The van der Waals surface area contributed by atoms with Crippen molar-refractivity contribution in [2.75, 3.05) is 11.9 Å². The first kappa shape index (κ1) is 32.5. The second kappa shape index (κ2) is 15.4. The first-order chi connectivity index (χ1) is 23.4. The molecular formula is C36H26BrFN4O5S. The van der Waals surface area contributed by atoms with E-state index in [0.29, 0.717) is 44.3 Å². The number of ether oxygens (including phenoxy) is 2. The van der Waals surface area contributed by atoms with Crippen molar-refractivity contribution in [2.24, 2.45) is 10.2 Å². The first-order valence-corrected chi connectivity index (χ1v) is 16.2. The van der Waals surface area contributed by atoms with Gasteiger partial charge in [0, 0.05) is 15.7 Å². The van der Waals surface area contributed by atoms with Crippen LogP contribution in [-0.2, 0) is 16.1 Å². The van der Waals surface area contributed by atoms with Crippen molar-refractivity contribution in [1.82, 2.24) is 4.90 Å². The molecule has 1 aliphatic heterocycles. The number of anilines is 1. The van der Waals surface area contributed by atoms with Crippen LogP contribution in [0.25, 0.3) is 6.08 Å². The number of nitrogens with one attached hydrogen (secondary N) is 1. The summed E-state index contributed by atoms with van der Waals surface area (Å²) in [6.45, 7) is -0.157. The second-order valence-corrected chi connectivity index (χ2v) is 12.1. The molecule has 0 saturated carbocycles. The van der Waals surface area contributed by atoms with E-state index in [1.165, 1.54) is 35.4 Å². The van der Waals surface area contributed by atoms with Crippen LogP contribution in [0.4, 0.5) is 10.1 Å². The Labute approximate surface area is 287 Å². The third-order valence-electron chi connectivity index (χ3n) is 6.71. The van der Waals surface area contributed by atoms with Gasteiger partial charge in [-0.25, -0.2) is 4.39 Å². The maximum absolute atomic E-state index is 13.7. The van der Waals surface area contributed by atoms with E-state index in [1.807, 2.05) is 54.6 Å². The van der Waals surface area contributed by atoms with Crippen molar-refractivity contribution in [2.45, 2.75) is 6.54 Å². The maximum Gasteiger partial charge on any atom is 0.267 e. The van der Waals surface area contributed by atoms with E-state index in [2.05, 4.69) is 31.4 Å². The molecule has 12 heteroatoms. The van der Waals surface area contributed by atoms with Crippen LogP contribution in [0.3, 0.4) is 0 Å². The predicted octanol–water partition coefficient (Wildman–Crippen LogP) is 8.50. The zero-order valence-corrected chi connectivity index (χ0v) is 27.5. The molecule has 1 N–H and O–H groups in total. The molecule has 1 aromatic heterocycles. The number of nitrogens with zero attached hydrogens (tertiary/aromatic N) is 3. The lowest BCUT2D eigenvalue weighted by molar-refractivity contribution is -0.122. The minimum Gasteiger partial charge on any atom is -0.483 e. The molecule has 5 aromatic rings. The van der Waals surface area contributed by atoms with E-state index in [1.54, 1.807) is 42.6 Å². The average molecular weight is 726 g/mol. The Hall–Kier alpha value is -5.46. The molecule has 1 fully saturated rings. The number of para-hydroxylation sites is 1. The van der Waals surface area contributed by atoms with Crippen molar-refractivity contribution >= 4 is 62.7 Å². The predicted molar refractivity (Wildman–Crippen MR) is 187 cm³/mol. The van der Waals surface area contributed by atoms with Crippen LogP contribution in [0.5, 0.6) is 17.2 Å². The van der Waals surface area contributed by atoms with Crippen LogP contribution in [0.2, 0.25) is 0 Å². The van der Waals surface area contributed by atoms with Gasteiger partial charge in [0.2, 0.25) is 0 Å². The van der Waals surface area contributed by atoms with Crippen molar-refractivity contribution in [3.8, 4) is 17.2 Å². The Morgan fingerprint density at radius 3 is 2.56 bits per heavy atom. The number of carbonyl (C=O) groups is 2. The Morgan fingerprint density at radius 2 is 1.77 bits per heavy atom. The molecule has 240 valence electrons. The molecule has 1 saturated heterocycles. The topological polar surface area (TPSA) is 106 Å². The van der Waals surface area contributed by atoms with Gasteiger partial charge in [-0.2, -0.15) is 5.10 Å². The maximum atomic E-state index is 13.7. The number of furan rings is 1. The molecular weight excluding hydrogens is 699 g/mol. The van der Waals surface area contributed by atoms with Crippen LogP contribution >= 0.6 is 27.7 Å². The van der Waals surface area contributed by atoms with Gasteiger partial charge in [-0.05, 0) is 102 Å². The van der Waals surface area contributed by atoms with Crippen molar-refractivity contribution in [3.63, 3.8) is 0 Å². The molecule has 1 aliphatic rings. The van der Waals surface area contributed by atoms with Crippen molar-refractivity contribution < 1.29 is 27.9 Å². The highest BCUT2D eigenvalue weighted by Crippen LogP contribution is 2.36. The van der Waals surface area contributed by atoms with Gasteiger partial charge in [0.1, 0.15) is 28.8 Å². The number of amidine groups is 1. The lowest BCUT2D eigenvalue weighted by Crippen LogP contribution is -2.28. The number of thioether (sulfide) groups is 1. The minimum absolute atomic E-state index is 0.149. The van der Waals surface area contributed by atoms with Crippen molar-refractivity contribution in [3.05, 3.63) is 148 Å². The van der Waals surface area contributed by atoms with Gasteiger partial charge in [0.25, 0.3) is 11.8 Å². The molecule has 6 rings (SSSR count). The van der Waals surface area contributed by atoms with Gasteiger partial charge < -0.3 is 19.2 Å². The Bertz CT molecular complexity index is 2000. The Kier molecular flexibility index (Phi) is 10.4. The lowest BCUT2D eigenvalue weighted by atomic mass is 10.2. The number of amides is 2. The molecule has 0 unspecified atom stereocenters. The van der Waals surface area contributed by atoms with Gasteiger partial charge >= 0.3 is 0 Å². The summed E-state index contributed by atoms with van der Waals surface area (Å²) in [7, 11) is 0. The smallest absolute Gasteiger partial charge is 0.267 e. The number of benzene rings is 4. The van der Waals surface area contributed by atoms with E-state index in [-0.39, 0.29) is 19.1 Å². The highest BCUT2D eigenvalue weighted by Gasteiger charge is 2.34. The summed E-state index contributed by atoms with van der Waals surface area (Å²) in [5.74, 6) is 1.18.